The number of unbranched alkanes of at least 4 members (excludes halogenated alkanes) is 3. The van der Waals surface area contributed by atoms with Gasteiger partial charge in [-0.15, -0.1) is 22.0 Å². The van der Waals surface area contributed by atoms with Gasteiger partial charge in [0.25, 0.3) is 0 Å². The number of carbonyl (C=O) groups is 1. The van der Waals surface area contributed by atoms with Gasteiger partial charge in [0.1, 0.15) is 10.8 Å². The van der Waals surface area contributed by atoms with Crippen LogP contribution in [0.15, 0.2) is 127 Å². The molecule has 2 heterocycles. The molecule has 0 N–H and O–H groups in total. The van der Waals surface area contributed by atoms with Crippen LogP contribution in [0.25, 0.3) is 28.3 Å². The molecule has 0 radical (unpaired) electrons. The van der Waals surface area contributed by atoms with Crippen molar-refractivity contribution in [2.24, 2.45) is 16.1 Å². The number of aryl methyl sites for hydroxylation is 1. The average Bonchev–Trinajstić information content (AvgIpc) is 3.91. The van der Waals surface area contributed by atoms with Gasteiger partial charge in [-0.2, -0.15) is 0 Å². The first-order chi connectivity index (χ1) is 29.4. The second-order valence-electron chi connectivity index (χ2n) is 15.4. The monoisotopic (exact) mass is 873 g/mol. The molecule has 0 bridgehead atoms. The highest BCUT2D eigenvalue weighted by Gasteiger charge is 2.23. The van der Waals surface area contributed by atoms with Crippen molar-refractivity contribution >= 4 is 69.4 Å². The van der Waals surface area contributed by atoms with Gasteiger partial charge in [0, 0.05) is 26.3 Å². The molecule has 0 spiro atoms. The highest BCUT2D eigenvalue weighted by atomic mass is 32.2. The van der Waals surface area contributed by atoms with Crippen molar-refractivity contribution in [1.29, 1.82) is 0 Å². The Labute approximate surface area is 373 Å². The Morgan fingerprint density at radius 2 is 1.62 bits per heavy atom. The molecule has 0 amide bonds. The molecule has 6 nitrogen and oxygen atoms in total. The smallest absolute Gasteiger partial charge is 0.330 e. The molecule has 10 heteroatoms. The highest BCUT2D eigenvalue weighted by Crippen LogP contribution is 2.54. The normalized spacial score (nSPS) is 16.9. The molecule has 60 heavy (non-hydrogen) atoms. The number of rotatable bonds is 19. The summed E-state index contributed by atoms with van der Waals surface area (Å²) in [4.78, 5) is 19.9. The van der Waals surface area contributed by atoms with Crippen LogP contribution >= 0.6 is 46.6 Å². The molecule has 0 unspecified atom stereocenters. The van der Waals surface area contributed by atoms with Gasteiger partial charge in [-0.3, -0.25) is 0 Å². The fraction of sp³-hybridized carbons (Fsp3) is 0.360. The molecule has 5 aromatic rings. The number of hydrogen-bond donors (Lipinski definition) is 0. The third-order valence-corrected chi connectivity index (χ3v) is 15.3. The van der Waals surface area contributed by atoms with Gasteiger partial charge in [-0.05, 0) is 140 Å². The molecule has 2 aliphatic rings. The number of hydrogen-bond acceptors (Lipinski definition) is 10. The fourth-order valence-electron chi connectivity index (χ4n) is 7.94. The van der Waals surface area contributed by atoms with Crippen LogP contribution in [-0.2, 0) is 9.53 Å². The molecule has 4 aromatic carbocycles. The first-order valence-electron chi connectivity index (χ1n) is 21.4. The van der Waals surface area contributed by atoms with E-state index in [1.165, 1.54) is 74.7 Å². The summed E-state index contributed by atoms with van der Waals surface area (Å²) in [6, 6.07) is 28.6. The average molecular weight is 874 g/mol. The summed E-state index contributed by atoms with van der Waals surface area (Å²) in [5.74, 6) is 3.10. The van der Waals surface area contributed by atoms with Crippen molar-refractivity contribution in [3.05, 3.63) is 118 Å². The molecule has 7 rings (SSSR count). The summed E-state index contributed by atoms with van der Waals surface area (Å²) in [7, 11) is 0. The maximum Gasteiger partial charge on any atom is 0.330 e. The van der Waals surface area contributed by atoms with Crippen LogP contribution < -0.4 is 4.74 Å². The zero-order valence-electron chi connectivity index (χ0n) is 35.0. The first kappa shape index (κ1) is 44.0. The predicted octanol–water partition coefficient (Wildman–Crippen LogP) is 16.3. The van der Waals surface area contributed by atoms with E-state index in [-0.39, 0.29) is 5.97 Å². The van der Waals surface area contributed by atoms with Crippen molar-refractivity contribution in [3.8, 4) is 28.0 Å². The van der Waals surface area contributed by atoms with Crippen molar-refractivity contribution in [3.63, 3.8) is 0 Å². The van der Waals surface area contributed by atoms with Crippen LogP contribution in [0.5, 0.6) is 5.75 Å². The Bertz CT molecular complexity index is 2280. The van der Waals surface area contributed by atoms with E-state index in [2.05, 4.69) is 100 Å². The summed E-state index contributed by atoms with van der Waals surface area (Å²) >= 11 is 7.10. The van der Waals surface area contributed by atoms with Gasteiger partial charge >= 0.3 is 5.97 Å². The Morgan fingerprint density at radius 1 is 0.867 bits per heavy atom. The summed E-state index contributed by atoms with van der Waals surface area (Å²) in [5.41, 5.74) is 7.95. The number of esters is 1. The van der Waals surface area contributed by atoms with E-state index in [9.17, 15) is 4.79 Å². The van der Waals surface area contributed by atoms with Crippen molar-refractivity contribution < 1.29 is 14.3 Å². The van der Waals surface area contributed by atoms with Gasteiger partial charge in [0.2, 0.25) is 0 Å². The molecule has 1 aliphatic carbocycles. The second kappa shape index (κ2) is 22.1. The summed E-state index contributed by atoms with van der Waals surface area (Å²) in [5, 5.41) is 11.4. The number of ether oxygens (including phenoxy) is 2. The topological polar surface area (TPSA) is 73.1 Å². The largest absolute Gasteiger partial charge is 0.494 e. The van der Waals surface area contributed by atoms with Crippen LogP contribution in [0.4, 0.5) is 10.7 Å². The summed E-state index contributed by atoms with van der Waals surface area (Å²) in [6.07, 6.45) is 16.9. The number of benzene rings is 4. The van der Waals surface area contributed by atoms with Crippen LogP contribution in [0, 0.1) is 12.8 Å². The van der Waals surface area contributed by atoms with Crippen LogP contribution in [0.1, 0.15) is 100 Å². The third-order valence-electron chi connectivity index (χ3n) is 11.1. The lowest BCUT2D eigenvalue weighted by molar-refractivity contribution is -0.137. The van der Waals surface area contributed by atoms with E-state index in [0.717, 1.165) is 81.1 Å². The second-order valence-corrected chi connectivity index (χ2v) is 20.2. The molecule has 0 saturated heterocycles. The number of nitrogens with zero attached hydrogens (tertiary/aromatic N) is 3. The quantitative estimate of drug-likeness (QED) is 0.0269. The Hall–Kier alpha value is -4.09. The van der Waals surface area contributed by atoms with Crippen molar-refractivity contribution in [2.45, 2.75) is 106 Å². The van der Waals surface area contributed by atoms with E-state index in [4.69, 9.17) is 24.7 Å². The van der Waals surface area contributed by atoms with Crippen molar-refractivity contribution in [1.82, 2.24) is 4.98 Å². The molecule has 0 atom stereocenters. The minimum Gasteiger partial charge on any atom is -0.494 e. The van der Waals surface area contributed by atoms with Crippen LogP contribution in [0.2, 0.25) is 0 Å². The van der Waals surface area contributed by atoms with Gasteiger partial charge in [-0.25, -0.2) is 9.78 Å². The number of thiazole rings is 1. The standard InChI is InChI=1S/C50H55N3O3S4/c1-5-12-35-13-15-36(16-14-35)37-17-19-39(20-18-37)43-26-23-40(38-21-24-41(25-22-38)55-27-10-8-9-11-28-56-48(54)6-2)30-44(43)52-53-47-33-51-46(59-47)32-49-58-45-31-42(57-7-3)29-34(4)50(45)60-49/h6,17-26,29-33,35-36H,2,5,7-16,27-28H2,1,3-4H3/b49-32+,53-52?. The zero-order chi connectivity index (χ0) is 41.7. The third kappa shape index (κ3) is 12.1. The lowest BCUT2D eigenvalue weighted by Crippen LogP contribution is -2.13. The van der Waals surface area contributed by atoms with E-state index < -0.39 is 0 Å². The predicted molar refractivity (Wildman–Crippen MR) is 256 cm³/mol. The number of fused-ring (bicyclic) bond motifs is 1. The zero-order valence-corrected chi connectivity index (χ0v) is 38.3. The SMILES string of the molecule is C=CC(=O)OCCCCCCOc1ccc(-c2ccc(-c3ccc(C4CCC(CCC)CC4)cc3)c(N=Nc3cnc(/C=C4\Sc5cc(SCC)cc(C)c5S4)s3)c2)cc1. The summed E-state index contributed by atoms with van der Waals surface area (Å²) < 4.78 is 12.3. The maximum absolute atomic E-state index is 11.2. The van der Waals surface area contributed by atoms with Gasteiger partial charge in [0.05, 0.1) is 29.3 Å². The van der Waals surface area contributed by atoms with Gasteiger partial charge in [0.15, 0.2) is 5.00 Å². The Kier molecular flexibility index (Phi) is 16.2. The summed E-state index contributed by atoms with van der Waals surface area (Å²) in [6.45, 7) is 11.2. The minimum absolute atomic E-state index is 0.364. The van der Waals surface area contributed by atoms with E-state index in [1.807, 2.05) is 53.6 Å². The lowest BCUT2D eigenvalue weighted by Gasteiger charge is -2.28. The highest BCUT2D eigenvalue weighted by molar-refractivity contribution is 8.25. The molecule has 1 aliphatic heterocycles. The van der Waals surface area contributed by atoms with Crippen LogP contribution in [-0.4, -0.2) is 29.9 Å². The lowest BCUT2D eigenvalue weighted by atomic mass is 9.77. The van der Waals surface area contributed by atoms with Gasteiger partial charge in [-0.1, -0.05) is 117 Å². The number of carbonyl (C=O) groups excluding carboxylic acids is 1. The molecule has 312 valence electrons. The van der Waals surface area contributed by atoms with E-state index in [0.29, 0.717) is 19.1 Å². The minimum atomic E-state index is -0.364. The first-order valence-corrected chi connectivity index (χ1v) is 24.8. The fourth-order valence-corrected chi connectivity index (χ4v) is 12.2. The molecular weight excluding hydrogens is 819 g/mol. The number of thioether (sulfide) groups is 3. The molecule has 1 fully saturated rings. The van der Waals surface area contributed by atoms with E-state index in [1.54, 1.807) is 11.3 Å². The van der Waals surface area contributed by atoms with Crippen molar-refractivity contribution in [2.75, 3.05) is 19.0 Å². The van der Waals surface area contributed by atoms with Crippen LogP contribution in [0.3, 0.4) is 0 Å². The van der Waals surface area contributed by atoms with Gasteiger partial charge < -0.3 is 9.47 Å². The number of azo groups is 1. The maximum atomic E-state index is 11.2. The Morgan fingerprint density at radius 3 is 2.37 bits per heavy atom. The molecular formula is C50H55N3O3S4. The molecule has 1 aromatic heterocycles. The number of aromatic nitrogens is 1. The molecule has 1 saturated carbocycles. The van der Waals surface area contributed by atoms with E-state index >= 15 is 0 Å². The Balaban J connectivity index is 1.05.